The van der Waals surface area contributed by atoms with Crippen LogP contribution >= 0.6 is 0 Å². The largest absolute Gasteiger partial charge is 0.496 e. The molecule has 0 saturated heterocycles. The van der Waals surface area contributed by atoms with Crippen LogP contribution in [0, 0.1) is 0 Å². The Morgan fingerprint density at radius 3 is 2.32 bits per heavy atom. The summed E-state index contributed by atoms with van der Waals surface area (Å²) in [7, 11) is 1.51. The molecule has 3 N–H and O–H groups in total. The molecule has 8 heteroatoms. The minimum Gasteiger partial charge on any atom is -0.496 e. The van der Waals surface area contributed by atoms with Crippen LogP contribution in [0.2, 0.25) is 0 Å². The summed E-state index contributed by atoms with van der Waals surface area (Å²) in [5.74, 6) is -0.0667. The van der Waals surface area contributed by atoms with Gasteiger partial charge in [-0.25, -0.2) is 4.79 Å². The number of amides is 3. The number of carbonyl (C=O) groups is 3. The molecule has 0 bridgehead atoms. The second kappa shape index (κ2) is 11.0. The maximum atomic E-state index is 12.7. The molecule has 0 aliphatic rings. The van der Waals surface area contributed by atoms with Crippen molar-refractivity contribution in [1.29, 1.82) is 0 Å². The average Bonchev–Trinajstić information content (AvgIpc) is 2.71. The van der Waals surface area contributed by atoms with Crippen LogP contribution in [0.25, 0.3) is 0 Å². The van der Waals surface area contributed by atoms with E-state index in [0.717, 1.165) is 5.56 Å². The Morgan fingerprint density at radius 1 is 0.935 bits per heavy atom. The second-order valence-corrected chi connectivity index (χ2v) is 7.77. The summed E-state index contributed by atoms with van der Waals surface area (Å²) in [5, 5.41) is 8.20. The van der Waals surface area contributed by atoms with Crippen LogP contribution in [0.4, 0.5) is 10.5 Å². The number of ether oxygens (including phenoxy) is 2. The number of hydrogen-bond donors (Lipinski definition) is 3. The lowest BCUT2D eigenvalue weighted by Gasteiger charge is -2.19. The minimum atomic E-state index is -0.593. The first-order valence-corrected chi connectivity index (χ1v) is 9.95. The van der Waals surface area contributed by atoms with Gasteiger partial charge in [0.25, 0.3) is 5.91 Å². The molecular formula is C23H29N3O5. The van der Waals surface area contributed by atoms with E-state index >= 15 is 0 Å². The lowest BCUT2D eigenvalue weighted by molar-refractivity contribution is -0.121. The molecule has 166 valence electrons. The average molecular weight is 428 g/mol. The molecule has 0 saturated carbocycles. The van der Waals surface area contributed by atoms with E-state index in [-0.39, 0.29) is 31.3 Å². The number of nitrogens with one attached hydrogen (secondary N) is 3. The summed E-state index contributed by atoms with van der Waals surface area (Å²) >= 11 is 0. The quantitative estimate of drug-likeness (QED) is 0.598. The van der Waals surface area contributed by atoms with Crippen molar-refractivity contribution >= 4 is 23.6 Å². The zero-order valence-electron chi connectivity index (χ0n) is 18.3. The highest BCUT2D eigenvalue weighted by Gasteiger charge is 2.16. The van der Waals surface area contributed by atoms with Gasteiger partial charge in [0.15, 0.2) is 0 Å². The minimum absolute atomic E-state index is 0.106. The monoisotopic (exact) mass is 427 g/mol. The summed E-state index contributed by atoms with van der Waals surface area (Å²) in [6.45, 7) is 5.69. The lowest BCUT2D eigenvalue weighted by atomic mass is 10.1. The lowest BCUT2D eigenvalue weighted by Crippen LogP contribution is -2.35. The summed E-state index contributed by atoms with van der Waals surface area (Å²) < 4.78 is 10.4. The number of benzene rings is 2. The normalized spacial score (nSPS) is 10.7. The molecule has 0 aromatic heterocycles. The Morgan fingerprint density at radius 2 is 1.61 bits per heavy atom. The van der Waals surface area contributed by atoms with E-state index in [0.29, 0.717) is 17.0 Å². The topological polar surface area (TPSA) is 106 Å². The highest BCUT2D eigenvalue weighted by Crippen LogP contribution is 2.21. The molecule has 31 heavy (non-hydrogen) atoms. The van der Waals surface area contributed by atoms with Gasteiger partial charge in [0.1, 0.15) is 11.4 Å². The standard InChI is InChI=1S/C23H29N3O5/c1-23(2,3)31-22(29)24-14-13-20(27)25-15-16-9-5-7-11-18(16)26-21(28)17-10-6-8-12-19(17)30-4/h5-12H,13-15H2,1-4H3,(H,24,29)(H,25,27)(H,26,28). The van der Waals surface area contributed by atoms with Crippen molar-refractivity contribution in [3.8, 4) is 5.75 Å². The van der Waals surface area contributed by atoms with Gasteiger partial charge in [-0.2, -0.15) is 0 Å². The number of anilines is 1. The van der Waals surface area contributed by atoms with Gasteiger partial charge in [0.2, 0.25) is 5.91 Å². The molecule has 3 amide bonds. The number of methoxy groups -OCH3 is 1. The molecule has 0 heterocycles. The predicted octanol–water partition coefficient (Wildman–Crippen LogP) is 3.48. The van der Waals surface area contributed by atoms with Crippen LogP contribution in [0.3, 0.4) is 0 Å². The van der Waals surface area contributed by atoms with Crippen molar-refractivity contribution in [2.45, 2.75) is 39.3 Å². The third-order valence-electron chi connectivity index (χ3n) is 4.11. The second-order valence-electron chi connectivity index (χ2n) is 7.77. The molecule has 0 atom stereocenters. The Hall–Kier alpha value is -3.55. The van der Waals surface area contributed by atoms with E-state index in [1.165, 1.54) is 7.11 Å². The van der Waals surface area contributed by atoms with Crippen molar-refractivity contribution in [2.24, 2.45) is 0 Å². The first-order chi connectivity index (χ1) is 14.7. The van der Waals surface area contributed by atoms with Crippen LogP contribution in [0.1, 0.15) is 43.1 Å². The first kappa shape index (κ1) is 23.7. The van der Waals surface area contributed by atoms with Gasteiger partial charge in [-0.15, -0.1) is 0 Å². The molecule has 0 aliphatic carbocycles. The molecule has 8 nitrogen and oxygen atoms in total. The number of alkyl carbamates (subject to hydrolysis) is 1. The Bertz CT molecular complexity index is 921. The van der Waals surface area contributed by atoms with Gasteiger partial charge in [0.05, 0.1) is 12.7 Å². The van der Waals surface area contributed by atoms with Crippen molar-refractivity contribution in [1.82, 2.24) is 10.6 Å². The summed E-state index contributed by atoms with van der Waals surface area (Å²) in [5.41, 5.74) is 1.16. The van der Waals surface area contributed by atoms with Crippen LogP contribution in [-0.2, 0) is 16.1 Å². The van der Waals surface area contributed by atoms with Crippen LogP contribution in [0.5, 0.6) is 5.75 Å². The van der Waals surface area contributed by atoms with Crippen LogP contribution < -0.4 is 20.7 Å². The van der Waals surface area contributed by atoms with Crippen LogP contribution in [0.15, 0.2) is 48.5 Å². The van der Waals surface area contributed by atoms with Crippen molar-refractivity contribution in [3.05, 3.63) is 59.7 Å². The third-order valence-corrected chi connectivity index (χ3v) is 4.11. The van der Waals surface area contributed by atoms with E-state index < -0.39 is 11.7 Å². The fourth-order valence-corrected chi connectivity index (χ4v) is 2.69. The number of hydrogen-bond acceptors (Lipinski definition) is 5. The van der Waals surface area contributed by atoms with E-state index in [4.69, 9.17) is 9.47 Å². The fraction of sp³-hybridized carbons (Fsp3) is 0.348. The zero-order valence-corrected chi connectivity index (χ0v) is 18.3. The van der Waals surface area contributed by atoms with Crippen LogP contribution in [-0.4, -0.2) is 37.2 Å². The highest BCUT2D eigenvalue weighted by molar-refractivity contribution is 6.06. The van der Waals surface area contributed by atoms with Crippen molar-refractivity contribution < 1.29 is 23.9 Å². The maximum Gasteiger partial charge on any atom is 0.407 e. The molecule has 0 spiro atoms. The Kier molecular flexibility index (Phi) is 8.43. The molecule has 0 aliphatic heterocycles. The predicted molar refractivity (Wildman–Crippen MR) is 118 cm³/mol. The Balaban J connectivity index is 1.89. The van der Waals surface area contributed by atoms with Crippen molar-refractivity contribution in [2.75, 3.05) is 19.0 Å². The zero-order chi connectivity index (χ0) is 22.9. The van der Waals surface area contributed by atoms with E-state index in [1.54, 1.807) is 57.2 Å². The van der Waals surface area contributed by atoms with Gasteiger partial charge in [-0.1, -0.05) is 30.3 Å². The van der Waals surface area contributed by atoms with Gasteiger partial charge in [0, 0.05) is 25.2 Å². The van der Waals surface area contributed by atoms with E-state index in [2.05, 4.69) is 16.0 Å². The molecule has 0 unspecified atom stereocenters. The van der Waals surface area contributed by atoms with E-state index in [1.807, 2.05) is 12.1 Å². The first-order valence-electron chi connectivity index (χ1n) is 9.95. The summed E-state index contributed by atoms with van der Waals surface area (Å²) in [6.07, 6.45) is -0.459. The molecule has 0 fully saturated rings. The van der Waals surface area contributed by atoms with Gasteiger partial charge < -0.3 is 25.4 Å². The van der Waals surface area contributed by atoms with E-state index in [9.17, 15) is 14.4 Å². The number of para-hydroxylation sites is 2. The molecule has 2 rings (SSSR count). The van der Waals surface area contributed by atoms with Gasteiger partial charge in [-0.3, -0.25) is 9.59 Å². The van der Waals surface area contributed by atoms with Gasteiger partial charge in [-0.05, 0) is 44.5 Å². The number of rotatable bonds is 8. The highest BCUT2D eigenvalue weighted by atomic mass is 16.6. The summed E-state index contributed by atoms with van der Waals surface area (Å²) in [4.78, 5) is 36.4. The van der Waals surface area contributed by atoms with Gasteiger partial charge >= 0.3 is 6.09 Å². The molecule has 2 aromatic carbocycles. The molecule has 0 radical (unpaired) electrons. The smallest absolute Gasteiger partial charge is 0.407 e. The number of carbonyl (C=O) groups excluding carboxylic acids is 3. The third kappa shape index (κ3) is 8.00. The fourth-order valence-electron chi connectivity index (χ4n) is 2.69. The molecule has 2 aromatic rings. The maximum absolute atomic E-state index is 12.7. The summed E-state index contributed by atoms with van der Waals surface area (Å²) in [6, 6.07) is 14.1. The molecular weight excluding hydrogens is 398 g/mol. The van der Waals surface area contributed by atoms with Crippen molar-refractivity contribution in [3.63, 3.8) is 0 Å². The SMILES string of the molecule is COc1ccccc1C(=O)Nc1ccccc1CNC(=O)CCNC(=O)OC(C)(C)C. The Labute approximate surface area is 182 Å².